The van der Waals surface area contributed by atoms with E-state index in [1.807, 2.05) is 6.07 Å². The van der Waals surface area contributed by atoms with Gasteiger partial charge in [-0.15, -0.1) is 0 Å². The van der Waals surface area contributed by atoms with Gasteiger partial charge in [0.1, 0.15) is 5.69 Å². The van der Waals surface area contributed by atoms with Gasteiger partial charge in [0.15, 0.2) is 11.6 Å². The van der Waals surface area contributed by atoms with E-state index in [1.54, 1.807) is 45.0 Å². The maximum absolute atomic E-state index is 14.7. The third kappa shape index (κ3) is 3.24. The van der Waals surface area contributed by atoms with Gasteiger partial charge < -0.3 is 4.90 Å². The molecule has 1 atom stereocenters. The van der Waals surface area contributed by atoms with E-state index in [1.165, 1.54) is 11.9 Å². The first kappa shape index (κ1) is 19.6. The summed E-state index contributed by atoms with van der Waals surface area (Å²) < 4.78 is 29.5. The molecule has 28 heavy (non-hydrogen) atoms. The van der Waals surface area contributed by atoms with Crippen molar-refractivity contribution in [2.45, 2.75) is 26.3 Å². The molecule has 6 heteroatoms. The SMILES string of the molecule is CC1C(=O)N(c2c(F)cc(C#Cc3ccccc3)cc2F)C(=O)N(C)C1(C)C. The molecule has 0 saturated carbocycles. The molecular weight excluding hydrogens is 362 g/mol. The average Bonchev–Trinajstić information content (AvgIpc) is 2.66. The number of nitrogens with zero attached hydrogens (tertiary/aromatic N) is 2. The molecule has 0 aliphatic carbocycles. The molecule has 1 saturated heterocycles. The Bertz CT molecular complexity index is 959. The Morgan fingerprint density at radius 1 is 0.964 bits per heavy atom. The second kappa shape index (κ2) is 7.08. The lowest BCUT2D eigenvalue weighted by atomic mass is 9.84. The van der Waals surface area contributed by atoms with E-state index in [4.69, 9.17) is 0 Å². The Balaban J connectivity index is 2.01. The Morgan fingerprint density at radius 2 is 1.50 bits per heavy atom. The van der Waals surface area contributed by atoms with Crippen molar-refractivity contribution >= 4 is 17.6 Å². The van der Waals surface area contributed by atoms with E-state index in [0.29, 0.717) is 10.5 Å². The number of imide groups is 1. The van der Waals surface area contributed by atoms with Crippen LogP contribution in [0, 0.1) is 29.4 Å². The molecule has 144 valence electrons. The summed E-state index contributed by atoms with van der Waals surface area (Å²) in [5.41, 5.74) is -0.624. The van der Waals surface area contributed by atoms with Gasteiger partial charge >= 0.3 is 6.03 Å². The number of benzene rings is 2. The zero-order valence-electron chi connectivity index (χ0n) is 16.1. The van der Waals surface area contributed by atoms with Gasteiger partial charge in [0.05, 0.1) is 11.5 Å². The van der Waals surface area contributed by atoms with E-state index in [0.717, 1.165) is 12.1 Å². The van der Waals surface area contributed by atoms with Gasteiger partial charge in [0.2, 0.25) is 5.91 Å². The van der Waals surface area contributed by atoms with Crippen molar-refractivity contribution in [3.63, 3.8) is 0 Å². The summed E-state index contributed by atoms with van der Waals surface area (Å²) in [6, 6.07) is 10.3. The summed E-state index contributed by atoms with van der Waals surface area (Å²) in [5, 5.41) is 0. The van der Waals surface area contributed by atoms with E-state index < -0.39 is 40.7 Å². The summed E-state index contributed by atoms with van der Waals surface area (Å²) in [4.78, 5) is 27.3. The molecule has 1 unspecified atom stereocenters. The zero-order valence-corrected chi connectivity index (χ0v) is 16.1. The van der Waals surface area contributed by atoms with Crippen LogP contribution in [0.5, 0.6) is 0 Å². The minimum Gasteiger partial charge on any atom is -0.321 e. The lowest BCUT2D eigenvalue weighted by molar-refractivity contribution is -0.126. The van der Waals surface area contributed by atoms with Gasteiger partial charge in [-0.25, -0.2) is 18.5 Å². The smallest absolute Gasteiger partial charge is 0.321 e. The van der Waals surface area contributed by atoms with Crippen LogP contribution in [0.3, 0.4) is 0 Å². The first-order chi connectivity index (χ1) is 13.1. The monoisotopic (exact) mass is 382 g/mol. The van der Waals surface area contributed by atoms with Crippen molar-refractivity contribution in [1.29, 1.82) is 0 Å². The second-order valence-electron chi connectivity index (χ2n) is 7.30. The highest BCUT2D eigenvalue weighted by Gasteiger charge is 2.49. The average molecular weight is 382 g/mol. The lowest BCUT2D eigenvalue weighted by Gasteiger charge is -2.47. The molecule has 1 heterocycles. The van der Waals surface area contributed by atoms with Gasteiger partial charge in [-0.1, -0.05) is 37.0 Å². The molecule has 3 rings (SSSR count). The predicted molar refractivity (Wildman–Crippen MR) is 103 cm³/mol. The highest BCUT2D eigenvalue weighted by Crippen LogP contribution is 2.36. The molecule has 1 aliphatic rings. The van der Waals surface area contributed by atoms with Crippen molar-refractivity contribution in [3.8, 4) is 11.8 Å². The number of hydrogen-bond donors (Lipinski definition) is 0. The van der Waals surface area contributed by atoms with Crippen molar-refractivity contribution in [2.75, 3.05) is 11.9 Å². The van der Waals surface area contributed by atoms with Crippen molar-refractivity contribution in [3.05, 3.63) is 65.2 Å². The van der Waals surface area contributed by atoms with Crippen LogP contribution in [0.25, 0.3) is 0 Å². The molecule has 0 N–H and O–H groups in total. The Hall–Kier alpha value is -3.20. The number of carbonyl (C=O) groups excluding carboxylic acids is 2. The third-order valence-electron chi connectivity index (χ3n) is 5.36. The maximum atomic E-state index is 14.7. The molecule has 2 aromatic carbocycles. The molecule has 4 nitrogen and oxygen atoms in total. The largest absolute Gasteiger partial charge is 0.331 e. The van der Waals surface area contributed by atoms with E-state index in [9.17, 15) is 18.4 Å². The number of carbonyl (C=O) groups is 2. The molecule has 0 bridgehead atoms. The fourth-order valence-corrected chi connectivity index (χ4v) is 3.00. The van der Waals surface area contributed by atoms with Crippen molar-refractivity contribution in [2.24, 2.45) is 5.92 Å². The summed E-state index contributed by atoms with van der Waals surface area (Å²) in [6.07, 6.45) is 0. The molecule has 3 amide bonds. The maximum Gasteiger partial charge on any atom is 0.331 e. The molecule has 1 fully saturated rings. The molecule has 2 aromatic rings. The molecule has 0 spiro atoms. The van der Waals surface area contributed by atoms with Gasteiger partial charge in [0, 0.05) is 18.2 Å². The second-order valence-corrected chi connectivity index (χ2v) is 7.30. The number of rotatable bonds is 1. The van der Waals surface area contributed by atoms with Crippen LogP contribution in [0.2, 0.25) is 0 Å². The normalized spacial score (nSPS) is 18.7. The Labute approximate surface area is 162 Å². The fourth-order valence-electron chi connectivity index (χ4n) is 3.00. The lowest BCUT2D eigenvalue weighted by Crippen LogP contribution is -2.65. The van der Waals surface area contributed by atoms with Gasteiger partial charge in [0.25, 0.3) is 0 Å². The van der Waals surface area contributed by atoms with Crippen molar-refractivity contribution in [1.82, 2.24) is 4.90 Å². The Kier molecular flexibility index (Phi) is 4.95. The molecule has 0 radical (unpaired) electrons. The van der Waals surface area contributed by atoms with Crippen molar-refractivity contribution < 1.29 is 18.4 Å². The highest BCUT2D eigenvalue weighted by atomic mass is 19.1. The Morgan fingerprint density at radius 3 is 2.07 bits per heavy atom. The summed E-state index contributed by atoms with van der Waals surface area (Å²) in [7, 11) is 1.51. The van der Waals surface area contributed by atoms with Crippen LogP contribution in [0.1, 0.15) is 31.9 Å². The van der Waals surface area contributed by atoms with E-state index in [-0.39, 0.29) is 5.56 Å². The molecular formula is C22H20F2N2O2. The standard InChI is InChI=1S/C22H20F2N2O2/c1-14-20(27)26(21(28)25(4)22(14,2)3)19-17(23)12-16(13-18(19)24)11-10-15-8-6-5-7-9-15/h5-9,12-14H,1-4H3. The third-order valence-corrected chi connectivity index (χ3v) is 5.36. The van der Waals surface area contributed by atoms with Crippen LogP contribution in [0.4, 0.5) is 19.3 Å². The van der Waals surface area contributed by atoms with Crippen LogP contribution in [-0.4, -0.2) is 29.4 Å². The fraction of sp³-hybridized carbons (Fsp3) is 0.273. The van der Waals surface area contributed by atoms with Crippen LogP contribution < -0.4 is 4.90 Å². The minimum atomic E-state index is -1.01. The summed E-state index contributed by atoms with van der Waals surface area (Å²) in [6.45, 7) is 5.10. The van der Waals surface area contributed by atoms with Crippen LogP contribution in [0.15, 0.2) is 42.5 Å². The van der Waals surface area contributed by atoms with Gasteiger partial charge in [-0.2, -0.15) is 0 Å². The highest BCUT2D eigenvalue weighted by molar-refractivity contribution is 6.17. The molecule has 1 aliphatic heterocycles. The number of hydrogen-bond acceptors (Lipinski definition) is 2. The zero-order chi connectivity index (χ0) is 20.6. The quantitative estimate of drug-likeness (QED) is 0.695. The van der Waals surface area contributed by atoms with E-state index in [2.05, 4.69) is 11.8 Å². The number of amides is 3. The first-order valence-corrected chi connectivity index (χ1v) is 8.82. The van der Waals surface area contributed by atoms with Gasteiger partial charge in [-0.05, 0) is 38.1 Å². The minimum absolute atomic E-state index is 0.112. The molecule has 0 aromatic heterocycles. The predicted octanol–water partition coefficient (Wildman–Crippen LogP) is 4.18. The summed E-state index contributed by atoms with van der Waals surface area (Å²) in [5.74, 6) is 2.21. The summed E-state index contributed by atoms with van der Waals surface area (Å²) >= 11 is 0. The number of anilines is 1. The van der Waals surface area contributed by atoms with E-state index >= 15 is 0 Å². The first-order valence-electron chi connectivity index (χ1n) is 8.82. The number of urea groups is 1. The topological polar surface area (TPSA) is 40.6 Å². The van der Waals surface area contributed by atoms with Crippen LogP contribution in [-0.2, 0) is 4.79 Å². The number of halogens is 2. The van der Waals surface area contributed by atoms with Gasteiger partial charge in [-0.3, -0.25) is 4.79 Å². The van der Waals surface area contributed by atoms with Crippen LogP contribution >= 0.6 is 0 Å².